The van der Waals surface area contributed by atoms with Crippen LogP contribution in [0.15, 0.2) is 24.3 Å². The predicted octanol–water partition coefficient (Wildman–Crippen LogP) is 1.34. The smallest absolute Gasteiger partial charge is 0.304 e. The summed E-state index contributed by atoms with van der Waals surface area (Å²) in [6, 6.07) is 6.80. The molecule has 0 radical (unpaired) electrons. The number of aliphatic carboxylic acids is 1. The fraction of sp³-hybridized carbons (Fsp3) is 0.273. The van der Waals surface area contributed by atoms with Crippen LogP contribution in [0.1, 0.15) is 6.42 Å². The van der Waals surface area contributed by atoms with Gasteiger partial charge in [-0.05, 0) is 18.2 Å². The van der Waals surface area contributed by atoms with E-state index in [2.05, 4.69) is 10.6 Å². The first kappa shape index (κ1) is 13.5. The van der Waals surface area contributed by atoms with Crippen LogP contribution >= 0.6 is 11.6 Å². The van der Waals surface area contributed by atoms with Crippen molar-refractivity contribution < 1.29 is 14.7 Å². The molecule has 0 aromatic heterocycles. The molecule has 1 amide bonds. The van der Waals surface area contributed by atoms with E-state index in [9.17, 15) is 9.59 Å². The summed E-state index contributed by atoms with van der Waals surface area (Å²) in [5.41, 5.74) is 0.613. The molecular weight excluding hydrogens is 244 g/mol. The van der Waals surface area contributed by atoms with E-state index in [1.165, 1.54) is 0 Å². The summed E-state index contributed by atoms with van der Waals surface area (Å²) in [6.45, 7) is 0.331. The Morgan fingerprint density at radius 3 is 2.76 bits per heavy atom. The number of carbonyl (C=O) groups excluding carboxylic acids is 1. The first-order valence-electron chi connectivity index (χ1n) is 5.06. The predicted molar refractivity (Wildman–Crippen MR) is 65.2 cm³/mol. The van der Waals surface area contributed by atoms with Crippen molar-refractivity contribution in [1.29, 1.82) is 0 Å². The Morgan fingerprint density at radius 1 is 1.35 bits per heavy atom. The van der Waals surface area contributed by atoms with Crippen LogP contribution in [-0.4, -0.2) is 30.1 Å². The van der Waals surface area contributed by atoms with Crippen molar-refractivity contribution in [3.63, 3.8) is 0 Å². The van der Waals surface area contributed by atoms with Crippen LogP contribution < -0.4 is 10.6 Å². The van der Waals surface area contributed by atoms with E-state index in [0.717, 1.165) is 0 Å². The van der Waals surface area contributed by atoms with Gasteiger partial charge in [-0.2, -0.15) is 0 Å². The third-order valence-electron chi connectivity index (χ3n) is 1.91. The Morgan fingerprint density at radius 2 is 2.12 bits per heavy atom. The highest BCUT2D eigenvalue weighted by atomic mass is 35.5. The summed E-state index contributed by atoms with van der Waals surface area (Å²) in [7, 11) is 0. The Bertz CT molecular complexity index is 409. The lowest BCUT2D eigenvalue weighted by atomic mass is 10.3. The fourth-order valence-corrected chi connectivity index (χ4v) is 1.36. The Balaban J connectivity index is 2.27. The average Bonchev–Trinajstić information content (AvgIpc) is 2.24. The highest BCUT2D eigenvalue weighted by molar-refractivity contribution is 6.30. The molecule has 17 heavy (non-hydrogen) atoms. The van der Waals surface area contributed by atoms with Gasteiger partial charge in [0.25, 0.3) is 0 Å². The van der Waals surface area contributed by atoms with Crippen molar-refractivity contribution in [1.82, 2.24) is 5.32 Å². The summed E-state index contributed by atoms with van der Waals surface area (Å²) in [5, 5.41) is 14.3. The number of nitrogens with one attached hydrogen (secondary N) is 2. The molecule has 0 bridgehead atoms. The molecule has 6 heteroatoms. The molecule has 0 heterocycles. The minimum Gasteiger partial charge on any atom is -0.481 e. The molecule has 1 aromatic rings. The van der Waals surface area contributed by atoms with E-state index in [0.29, 0.717) is 10.7 Å². The minimum absolute atomic E-state index is 0.00948. The molecule has 0 fully saturated rings. The molecule has 3 N–H and O–H groups in total. The molecule has 0 saturated heterocycles. The van der Waals surface area contributed by atoms with E-state index in [1.807, 2.05) is 0 Å². The van der Waals surface area contributed by atoms with Gasteiger partial charge >= 0.3 is 5.97 Å². The molecule has 5 nitrogen and oxygen atoms in total. The number of anilines is 1. The van der Waals surface area contributed by atoms with Gasteiger partial charge in [-0.15, -0.1) is 0 Å². The second-order valence-electron chi connectivity index (χ2n) is 3.38. The summed E-state index contributed by atoms with van der Waals surface area (Å²) >= 11 is 5.76. The van der Waals surface area contributed by atoms with Crippen molar-refractivity contribution in [3.8, 4) is 0 Å². The van der Waals surface area contributed by atoms with Crippen molar-refractivity contribution in [2.45, 2.75) is 6.42 Å². The molecule has 1 rings (SSSR count). The van der Waals surface area contributed by atoms with Gasteiger partial charge < -0.3 is 15.7 Å². The van der Waals surface area contributed by atoms with Crippen molar-refractivity contribution in [3.05, 3.63) is 29.3 Å². The first-order valence-corrected chi connectivity index (χ1v) is 5.43. The second-order valence-corrected chi connectivity index (χ2v) is 3.82. The van der Waals surface area contributed by atoms with Gasteiger partial charge in [0, 0.05) is 17.3 Å². The first-order chi connectivity index (χ1) is 8.08. The average molecular weight is 257 g/mol. The van der Waals surface area contributed by atoms with Crippen LogP contribution in [0.25, 0.3) is 0 Å². The number of amides is 1. The molecule has 92 valence electrons. The number of hydrogen-bond acceptors (Lipinski definition) is 3. The number of carbonyl (C=O) groups is 2. The normalized spacial score (nSPS) is 9.94. The topological polar surface area (TPSA) is 78.4 Å². The number of carboxylic acids is 1. The third kappa shape index (κ3) is 5.89. The maximum absolute atomic E-state index is 11.4. The van der Waals surface area contributed by atoms with Crippen LogP contribution in [0, 0.1) is 0 Å². The molecule has 0 saturated carbocycles. The monoisotopic (exact) mass is 256 g/mol. The molecule has 1 aromatic carbocycles. The Hall–Kier alpha value is -1.59. The maximum atomic E-state index is 11.4. The molecule has 0 aliphatic rings. The van der Waals surface area contributed by atoms with Gasteiger partial charge in [-0.25, -0.2) is 0 Å². The van der Waals surface area contributed by atoms with E-state index in [-0.39, 0.29) is 25.4 Å². The summed E-state index contributed by atoms with van der Waals surface area (Å²) in [4.78, 5) is 21.6. The molecule has 0 unspecified atom stereocenters. The van der Waals surface area contributed by atoms with Gasteiger partial charge in [-0.1, -0.05) is 17.7 Å². The van der Waals surface area contributed by atoms with Crippen LogP contribution in [-0.2, 0) is 9.59 Å². The number of rotatable bonds is 6. The summed E-state index contributed by atoms with van der Waals surface area (Å²) in [6.07, 6.45) is -0.00948. The van der Waals surface area contributed by atoms with E-state index < -0.39 is 5.97 Å². The van der Waals surface area contributed by atoms with Gasteiger partial charge in [0.1, 0.15) is 0 Å². The minimum atomic E-state index is -0.896. The lowest BCUT2D eigenvalue weighted by Crippen LogP contribution is -2.29. The molecule has 0 aliphatic heterocycles. The number of benzene rings is 1. The highest BCUT2D eigenvalue weighted by Gasteiger charge is 2.02. The highest BCUT2D eigenvalue weighted by Crippen LogP contribution is 2.14. The molecule has 0 spiro atoms. The van der Waals surface area contributed by atoms with Gasteiger partial charge in [0.05, 0.1) is 13.0 Å². The Kier molecular flexibility index (Phi) is 5.45. The zero-order valence-corrected chi connectivity index (χ0v) is 9.83. The lowest BCUT2D eigenvalue weighted by Gasteiger charge is -2.06. The fourth-order valence-electron chi connectivity index (χ4n) is 1.17. The van der Waals surface area contributed by atoms with Crippen molar-refractivity contribution in [2.75, 3.05) is 18.4 Å². The van der Waals surface area contributed by atoms with Crippen LogP contribution in [0.5, 0.6) is 0 Å². The summed E-state index contributed by atoms with van der Waals surface area (Å²) < 4.78 is 0. The zero-order chi connectivity index (χ0) is 12.7. The number of halogens is 1. The molecular formula is C11H13ClN2O3. The Labute approximate surface area is 104 Å². The van der Waals surface area contributed by atoms with Crippen molar-refractivity contribution >= 4 is 29.2 Å². The second kappa shape index (κ2) is 6.88. The SMILES string of the molecule is O=C(O)CCNCC(=O)Nc1cccc(Cl)c1. The summed E-state index contributed by atoms with van der Waals surface area (Å²) in [5.74, 6) is -1.13. The third-order valence-corrected chi connectivity index (χ3v) is 2.14. The molecule has 0 atom stereocenters. The van der Waals surface area contributed by atoms with E-state index in [4.69, 9.17) is 16.7 Å². The zero-order valence-electron chi connectivity index (χ0n) is 9.07. The number of hydrogen-bond donors (Lipinski definition) is 3. The van der Waals surface area contributed by atoms with E-state index >= 15 is 0 Å². The number of carboxylic acid groups (broad SMARTS) is 1. The maximum Gasteiger partial charge on any atom is 0.304 e. The lowest BCUT2D eigenvalue weighted by molar-refractivity contribution is -0.137. The van der Waals surface area contributed by atoms with Crippen molar-refractivity contribution in [2.24, 2.45) is 0 Å². The van der Waals surface area contributed by atoms with Gasteiger partial charge in [0.15, 0.2) is 0 Å². The van der Waals surface area contributed by atoms with Gasteiger partial charge in [0.2, 0.25) is 5.91 Å². The van der Waals surface area contributed by atoms with E-state index in [1.54, 1.807) is 24.3 Å². The van der Waals surface area contributed by atoms with Crippen LogP contribution in [0.4, 0.5) is 5.69 Å². The molecule has 0 aliphatic carbocycles. The standard InChI is InChI=1S/C11H13ClN2O3/c12-8-2-1-3-9(6-8)14-10(15)7-13-5-4-11(16)17/h1-3,6,13H,4-5,7H2,(H,14,15)(H,16,17). The van der Waals surface area contributed by atoms with Crippen LogP contribution in [0.2, 0.25) is 5.02 Å². The van der Waals surface area contributed by atoms with Gasteiger partial charge in [-0.3, -0.25) is 9.59 Å². The van der Waals surface area contributed by atoms with Crippen LogP contribution in [0.3, 0.4) is 0 Å². The quantitative estimate of drug-likeness (QED) is 0.671. The largest absolute Gasteiger partial charge is 0.481 e.